The third-order valence-electron chi connectivity index (χ3n) is 2.81. The van der Waals surface area contributed by atoms with Gasteiger partial charge in [0.25, 0.3) is 0 Å². The van der Waals surface area contributed by atoms with Crippen molar-refractivity contribution >= 4 is 5.78 Å². The molecule has 15 heavy (non-hydrogen) atoms. The summed E-state index contributed by atoms with van der Waals surface area (Å²) in [6, 6.07) is 0.389. The highest BCUT2D eigenvalue weighted by atomic mass is 16.5. The number of morpholine rings is 1. The molecule has 1 N–H and O–H groups in total. The molecule has 1 saturated heterocycles. The number of hydrogen-bond donors (Lipinski definition) is 1. The second-order valence-electron chi connectivity index (χ2n) is 4.29. The van der Waals surface area contributed by atoms with Crippen molar-refractivity contribution in [3.05, 3.63) is 0 Å². The fourth-order valence-corrected chi connectivity index (χ4v) is 1.83. The molecule has 1 heterocycles. The summed E-state index contributed by atoms with van der Waals surface area (Å²) in [5.74, 6) is 0.245. The Morgan fingerprint density at radius 3 is 2.93 bits per heavy atom. The summed E-state index contributed by atoms with van der Waals surface area (Å²) in [4.78, 5) is 13.1. The Balaban J connectivity index is 2.28. The SMILES string of the molecule is CC(=O)CCCN1CC(CO)OCC1C. The average Bonchev–Trinajstić information content (AvgIpc) is 2.20. The molecule has 0 radical (unpaired) electrons. The maximum absolute atomic E-state index is 10.8. The van der Waals surface area contributed by atoms with Crippen LogP contribution in [-0.2, 0) is 9.53 Å². The van der Waals surface area contributed by atoms with E-state index in [0.717, 1.165) is 19.5 Å². The number of aliphatic hydroxyl groups is 1. The van der Waals surface area contributed by atoms with E-state index in [9.17, 15) is 4.79 Å². The Labute approximate surface area is 91.2 Å². The Morgan fingerprint density at radius 2 is 2.33 bits per heavy atom. The summed E-state index contributed by atoms with van der Waals surface area (Å²) in [5, 5.41) is 9.00. The minimum absolute atomic E-state index is 0.0569. The van der Waals surface area contributed by atoms with Gasteiger partial charge in [0.2, 0.25) is 0 Å². The van der Waals surface area contributed by atoms with Gasteiger partial charge in [-0.1, -0.05) is 0 Å². The number of rotatable bonds is 5. The first-order chi connectivity index (χ1) is 7.13. The van der Waals surface area contributed by atoms with Crippen LogP contribution in [0.3, 0.4) is 0 Å². The van der Waals surface area contributed by atoms with Crippen molar-refractivity contribution in [2.24, 2.45) is 0 Å². The Kier molecular flexibility index (Phi) is 5.22. The number of ether oxygens (including phenoxy) is 1. The molecule has 0 aromatic carbocycles. The van der Waals surface area contributed by atoms with Gasteiger partial charge in [0.15, 0.2) is 0 Å². The number of Topliss-reactive ketones (excluding diaryl/α,β-unsaturated/α-hetero) is 1. The molecule has 1 aliphatic heterocycles. The molecular formula is C11H21NO3. The molecule has 0 amide bonds. The smallest absolute Gasteiger partial charge is 0.129 e. The van der Waals surface area contributed by atoms with Crippen molar-refractivity contribution in [1.29, 1.82) is 0 Å². The molecule has 88 valence electrons. The number of hydrogen-bond acceptors (Lipinski definition) is 4. The van der Waals surface area contributed by atoms with Crippen LogP contribution in [-0.4, -0.2) is 54.2 Å². The van der Waals surface area contributed by atoms with Gasteiger partial charge in [-0.2, -0.15) is 0 Å². The first kappa shape index (κ1) is 12.6. The molecule has 0 aromatic heterocycles. The molecule has 4 heteroatoms. The summed E-state index contributed by atoms with van der Waals surface area (Å²) in [6.07, 6.45) is 1.49. The van der Waals surface area contributed by atoms with Gasteiger partial charge in [-0.15, -0.1) is 0 Å². The molecule has 4 nitrogen and oxygen atoms in total. The van der Waals surface area contributed by atoms with E-state index in [-0.39, 0.29) is 18.5 Å². The van der Waals surface area contributed by atoms with Crippen LogP contribution in [0.4, 0.5) is 0 Å². The number of carbonyl (C=O) groups is 1. The first-order valence-electron chi connectivity index (χ1n) is 5.59. The summed E-state index contributed by atoms with van der Waals surface area (Å²) in [5.41, 5.74) is 0. The second kappa shape index (κ2) is 6.20. The zero-order valence-electron chi connectivity index (χ0n) is 9.61. The van der Waals surface area contributed by atoms with Crippen molar-refractivity contribution in [1.82, 2.24) is 4.90 Å². The largest absolute Gasteiger partial charge is 0.394 e. The zero-order chi connectivity index (χ0) is 11.3. The van der Waals surface area contributed by atoms with Crippen LogP contribution in [0.5, 0.6) is 0 Å². The zero-order valence-corrected chi connectivity index (χ0v) is 9.61. The van der Waals surface area contributed by atoms with Crippen molar-refractivity contribution < 1.29 is 14.6 Å². The van der Waals surface area contributed by atoms with Crippen LogP contribution in [0.25, 0.3) is 0 Å². The Bertz CT molecular complexity index is 208. The Hall–Kier alpha value is -0.450. The molecule has 0 bridgehead atoms. The first-order valence-corrected chi connectivity index (χ1v) is 5.59. The molecule has 1 rings (SSSR count). The second-order valence-corrected chi connectivity index (χ2v) is 4.29. The lowest BCUT2D eigenvalue weighted by Gasteiger charge is -2.37. The fourth-order valence-electron chi connectivity index (χ4n) is 1.83. The summed E-state index contributed by atoms with van der Waals surface area (Å²) in [7, 11) is 0. The topological polar surface area (TPSA) is 49.8 Å². The van der Waals surface area contributed by atoms with E-state index in [2.05, 4.69) is 11.8 Å². The van der Waals surface area contributed by atoms with E-state index in [1.165, 1.54) is 0 Å². The molecule has 0 aromatic rings. The molecule has 2 unspecified atom stereocenters. The lowest BCUT2D eigenvalue weighted by Crippen LogP contribution is -2.49. The van der Waals surface area contributed by atoms with Crippen LogP contribution in [0.2, 0.25) is 0 Å². The predicted octanol–water partition coefficient (Wildman–Crippen LogP) is 0.437. The van der Waals surface area contributed by atoms with E-state index in [1.807, 2.05) is 0 Å². The van der Waals surface area contributed by atoms with Crippen LogP contribution in [0, 0.1) is 0 Å². The van der Waals surface area contributed by atoms with Crippen molar-refractivity contribution in [2.75, 3.05) is 26.3 Å². The fraction of sp³-hybridized carbons (Fsp3) is 0.909. The normalized spacial score (nSPS) is 27.9. The minimum Gasteiger partial charge on any atom is -0.394 e. The molecule has 2 atom stereocenters. The van der Waals surface area contributed by atoms with Crippen molar-refractivity contribution in [3.63, 3.8) is 0 Å². The monoisotopic (exact) mass is 215 g/mol. The predicted molar refractivity (Wildman–Crippen MR) is 57.8 cm³/mol. The molecule has 1 aliphatic rings. The summed E-state index contributed by atoms with van der Waals surface area (Å²) in [6.45, 7) is 6.18. The van der Waals surface area contributed by atoms with Gasteiger partial charge < -0.3 is 14.6 Å². The standard InChI is InChI=1S/C11H21NO3/c1-9-8-15-11(7-13)6-12(9)5-3-4-10(2)14/h9,11,13H,3-8H2,1-2H3. The molecule has 0 aliphatic carbocycles. The number of carbonyl (C=O) groups excluding carboxylic acids is 1. The average molecular weight is 215 g/mol. The lowest BCUT2D eigenvalue weighted by molar-refractivity contribution is -0.117. The van der Waals surface area contributed by atoms with E-state index in [1.54, 1.807) is 6.92 Å². The number of aliphatic hydroxyl groups excluding tert-OH is 1. The lowest BCUT2D eigenvalue weighted by atomic mass is 10.1. The quantitative estimate of drug-likeness (QED) is 0.723. The molecule has 0 spiro atoms. The Morgan fingerprint density at radius 1 is 1.60 bits per heavy atom. The molecule has 0 saturated carbocycles. The van der Waals surface area contributed by atoms with Crippen LogP contribution in [0.15, 0.2) is 0 Å². The van der Waals surface area contributed by atoms with Crippen LogP contribution in [0.1, 0.15) is 26.7 Å². The van der Waals surface area contributed by atoms with Crippen molar-refractivity contribution in [2.45, 2.75) is 38.8 Å². The van der Waals surface area contributed by atoms with Gasteiger partial charge in [0, 0.05) is 19.0 Å². The highest BCUT2D eigenvalue weighted by molar-refractivity contribution is 5.75. The highest BCUT2D eigenvalue weighted by Gasteiger charge is 2.24. The molecule has 1 fully saturated rings. The van der Waals surface area contributed by atoms with E-state index in [0.29, 0.717) is 19.1 Å². The van der Waals surface area contributed by atoms with Gasteiger partial charge in [0.1, 0.15) is 5.78 Å². The van der Waals surface area contributed by atoms with Gasteiger partial charge in [0.05, 0.1) is 19.3 Å². The summed E-state index contributed by atoms with van der Waals surface area (Å²) >= 11 is 0. The van der Waals surface area contributed by atoms with Gasteiger partial charge in [-0.05, 0) is 26.8 Å². The van der Waals surface area contributed by atoms with Crippen molar-refractivity contribution in [3.8, 4) is 0 Å². The van der Waals surface area contributed by atoms with Crippen LogP contribution >= 0.6 is 0 Å². The van der Waals surface area contributed by atoms with Gasteiger partial charge in [-0.25, -0.2) is 0 Å². The molecular weight excluding hydrogens is 194 g/mol. The van der Waals surface area contributed by atoms with E-state index < -0.39 is 0 Å². The van der Waals surface area contributed by atoms with E-state index in [4.69, 9.17) is 9.84 Å². The third-order valence-corrected chi connectivity index (χ3v) is 2.81. The van der Waals surface area contributed by atoms with E-state index >= 15 is 0 Å². The van der Waals surface area contributed by atoms with Gasteiger partial charge >= 0.3 is 0 Å². The third kappa shape index (κ3) is 4.28. The minimum atomic E-state index is -0.0569. The maximum atomic E-state index is 10.8. The summed E-state index contributed by atoms with van der Waals surface area (Å²) < 4.78 is 5.44. The van der Waals surface area contributed by atoms with Crippen LogP contribution < -0.4 is 0 Å². The van der Waals surface area contributed by atoms with Gasteiger partial charge in [-0.3, -0.25) is 4.90 Å². The highest BCUT2D eigenvalue weighted by Crippen LogP contribution is 2.12. The maximum Gasteiger partial charge on any atom is 0.129 e. The number of ketones is 1. The number of nitrogens with zero attached hydrogens (tertiary/aromatic N) is 1.